The molecule has 0 aromatic heterocycles. The van der Waals surface area contributed by atoms with Crippen LogP contribution in [0.2, 0.25) is 0 Å². The molecule has 0 amide bonds. The maximum Gasteiger partial charge on any atom is 0.0596 e. The third kappa shape index (κ3) is 1.91. The van der Waals surface area contributed by atoms with Crippen LogP contribution in [0.15, 0.2) is 0 Å². The third-order valence-corrected chi connectivity index (χ3v) is 8.59. The summed E-state index contributed by atoms with van der Waals surface area (Å²) >= 11 is 0. The van der Waals surface area contributed by atoms with Crippen molar-refractivity contribution < 1.29 is 10.2 Å². The number of aliphatic hydroxyl groups excluding tert-OH is 2. The summed E-state index contributed by atoms with van der Waals surface area (Å²) < 4.78 is 0. The van der Waals surface area contributed by atoms with Gasteiger partial charge in [-0.05, 0) is 92.3 Å². The molecule has 8 atom stereocenters. The Morgan fingerprint density at radius 3 is 2.29 bits per heavy atom. The minimum atomic E-state index is -0.0536. The molecule has 0 heterocycles. The Hall–Kier alpha value is -0.0800. The molecule has 120 valence electrons. The lowest BCUT2D eigenvalue weighted by molar-refractivity contribution is -0.133. The average molecular weight is 292 g/mol. The molecule has 0 spiro atoms. The minimum absolute atomic E-state index is 0.0400. The first-order valence-electron chi connectivity index (χ1n) is 9.31. The minimum Gasteiger partial charge on any atom is -0.393 e. The maximum absolute atomic E-state index is 10.5. The van der Waals surface area contributed by atoms with E-state index in [-0.39, 0.29) is 17.6 Å². The smallest absolute Gasteiger partial charge is 0.0596 e. The zero-order chi connectivity index (χ0) is 14.8. The van der Waals surface area contributed by atoms with Crippen molar-refractivity contribution in [1.29, 1.82) is 0 Å². The van der Waals surface area contributed by atoms with Gasteiger partial charge in [-0.2, -0.15) is 0 Å². The fourth-order valence-corrected chi connectivity index (χ4v) is 7.21. The van der Waals surface area contributed by atoms with Gasteiger partial charge in [0.25, 0.3) is 0 Å². The topological polar surface area (TPSA) is 40.5 Å². The summed E-state index contributed by atoms with van der Waals surface area (Å²) in [6, 6.07) is 0. The first-order chi connectivity index (χ1) is 9.95. The number of rotatable bonds is 0. The number of hydrogen-bond donors (Lipinski definition) is 2. The molecule has 0 saturated heterocycles. The van der Waals surface area contributed by atoms with Gasteiger partial charge in [-0.3, -0.25) is 0 Å². The van der Waals surface area contributed by atoms with Crippen LogP contribution in [0.5, 0.6) is 0 Å². The summed E-state index contributed by atoms with van der Waals surface area (Å²) in [6.45, 7) is 4.90. The van der Waals surface area contributed by atoms with E-state index in [0.29, 0.717) is 5.41 Å². The van der Waals surface area contributed by atoms with Gasteiger partial charge >= 0.3 is 0 Å². The highest BCUT2D eigenvalue weighted by Crippen LogP contribution is 2.66. The Morgan fingerprint density at radius 2 is 1.48 bits per heavy atom. The van der Waals surface area contributed by atoms with Crippen molar-refractivity contribution in [2.45, 2.75) is 83.8 Å². The maximum atomic E-state index is 10.5. The monoisotopic (exact) mass is 292 g/mol. The van der Waals surface area contributed by atoms with E-state index < -0.39 is 0 Å². The summed E-state index contributed by atoms with van der Waals surface area (Å²) in [7, 11) is 0. The van der Waals surface area contributed by atoms with E-state index in [4.69, 9.17) is 0 Å². The summed E-state index contributed by atoms with van der Waals surface area (Å²) in [6.07, 6.45) is 10.7. The lowest BCUT2D eigenvalue weighted by Crippen LogP contribution is -2.54. The molecular weight excluding hydrogens is 260 g/mol. The first-order valence-corrected chi connectivity index (χ1v) is 9.31. The van der Waals surface area contributed by atoms with Gasteiger partial charge in [0.2, 0.25) is 0 Å². The molecule has 4 rings (SSSR count). The van der Waals surface area contributed by atoms with Gasteiger partial charge in [-0.15, -0.1) is 0 Å². The Labute approximate surface area is 129 Å². The molecule has 4 aliphatic rings. The Bertz CT molecular complexity index is 422. The molecule has 21 heavy (non-hydrogen) atoms. The van der Waals surface area contributed by atoms with Crippen LogP contribution in [0.4, 0.5) is 0 Å². The van der Waals surface area contributed by atoms with Crippen molar-refractivity contribution in [3.8, 4) is 0 Å². The molecule has 0 bridgehead atoms. The van der Waals surface area contributed by atoms with Crippen molar-refractivity contribution >= 4 is 0 Å². The number of aliphatic hydroxyl groups is 2. The van der Waals surface area contributed by atoms with Crippen molar-refractivity contribution in [2.24, 2.45) is 34.5 Å². The molecule has 4 aliphatic carbocycles. The molecule has 2 heteroatoms. The van der Waals surface area contributed by atoms with Gasteiger partial charge in [0.05, 0.1) is 12.2 Å². The van der Waals surface area contributed by atoms with Gasteiger partial charge in [-0.25, -0.2) is 0 Å². The summed E-state index contributed by atoms with van der Waals surface area (Å²) in [4.78, 5) is 0. The molecule has 2 nitrogen and oxygen atoms in total. The zero-order valence-corrected chi connectivity index (χ0v) is 13.7. The fourth-order valence-electron chi connectivity index (χ4n) is 7.21. The number of fused-ring (bicyclic) bond motifs is 5. The van der Waals surface area contributed by atoms with E-state index >= 15 is 0 Å². The van der Waals surface area contributed by atoms with Gasteiger partial charge in [-0.1, -0.05) is 13.8 Å². The van der Waals surface area contributed by atoms with E-state index in [9.17, 15) is 10.2 Å². The van der Waals surface area contributed by atoms with E-state index in [1.807, 2.05) is 0 Å². The Kier molecular flexibility index (Phi) is 3.25. The molecular formula is C19H32O2. The van der Waals surface area contributed by atoms with Crippen LogP contribution in [0.3, 0.4) is 0 Å². The molecule has 4 fully saturated rings. The van der Waals surface area contributed by atoms with Gasteiger partial charge in [0.15, 0.2) is 0 Å². The largest absolute Gasteiger partial charge is 0.393 e. The fraction of sp³-hybridized carbons (Fsp3) is 1.00. The molecule has 2 unspecified atom stereocenters. The first kappa shape index (κ1) is 14.5. The van der Waals surface area contributed by atoms with Gasteiger partial charge in [0.1, 0.15) is 0 Å². The Morgan fingerprint density at radius 1 is 0.762 bits per heavy atom. The SMILES string of the molecule is C[C@]12CC[C@H]3[C@@H](CCC4CC(O)CC[C@@]43C)[C@@H]1CC[C@H]2O. The standard InChI is InChI=1S/C19H32O2/c1-18-9-7-13(20)11-12(18)3-4-14-15-5-6-17(21)19(15,2)10-8-16(14)18/h12-17,20-21H,3-11H2,1-2H3/t12?,13?,14-,15-,16-,17+,18-,19-/m0/s1. The highest BCUT2D eigenvalue weighted by Gasteiger charge is 2.59. The highest BCUT2D eigenvalue weighted by molar-refractivity contribution is 5.09. The second-order valence-electron chi connectivity index (χ2n) is 9.22. The van der Waals surface area contributed by atoms with Crippen LogP contribution in [-0.2, 0) is 0 Å². The van der Waals surface area contributed by atoms with Gasteiger partial charge in [0, 0.05) is 0 Å². The summed E-state index contributed by atoms with van der Waals surface area (Å²) in [5.41, 5.74) is 0.676. The normalized spacial score (nSPS) is 60.0. The van der Waals surface area contributed by atoms with E-state index in [2.05, 4.69) is 13.8 Å². The lowest BCUT2D eigenvalue weighted by Gasteiger charge is -2.60. The van der Waals surface area contributed by atoms with Crippen molar-refractivity contribution in [3.63, 3.8) is 0 Å². The average Bonchev–Trinajstić information content (AvgIpc) is 2.76. The van der Waals surface area contributed by atoms with Gasteiger partial charge < -0.3 is 10.2 Å². The zero-order valence-electron chi connectivity index (χ0n) is 13.7. The quantitative estimate of drug-likeness (QED) is 0.714. The van der Waals surface area contributed by atoms with E-state index in [0.717, 1.165) is 42.9 Å². The van der Waals surface area contributed by atoms with Crippen molar-refractivity contribution in [1.82, 2.24) is 0 Å². The van der Waals surface area contributed by atoms with E-state index in [1.165, 1.54) is 38.5 Å². The predicted molar refractivity (Wildman–Crippen MR) is 83.7 cm³/mol. The van der Waals surface area contributed by atoms with E-state index in [1.54, 1.807) is 0 Å². The number of hydrogen-bond acceptors (Lipinski definition) is 2. The van der Waals surface area contributed by atoms with Crippen molar-refractivity contribution in [2.75, 3.05) is 0 Å². The summed E-state index contributed by atoms with van der Waals surface area (Å²) in [5, 5.41) is 20.5. The van der Waals surface area contributed by atoms with Crippen LogP contribution in [0, 0.1) is 34.5 Å². The van der Waals surface area contributed by atoms with Crippen LogP contribution < -0.4 is 0 Å². The molecule has 4 saturated carbocycles. The van der Waals surface area contributed by atoms with Crippen LogP contribution >= 0.6 is 0 Å². The molecule has 0 aromatic rings. The predicted octanol–water partition coefficient (Wildman–Crippen LogP) is 3.75. The molecule has 0 aromatic carbocycles. The van der Waals surface area contributed by atoms with Crippen LogP contribution in [-0.4, -0.2) is 22.4 Å². The molecule has 2 N–H and O–H groups in total. The second kappa shape index (κ2) is 4.71. The molecule has 0 radical (unpaired) electrons. The lowest BCUT2D eigenvalue weighted by atomic mass is 9.45. The van der Waals surface area contributed by atoms with Crippen LogP contribution in [0.1, 0.15) is 71.6 Å². The highest BCUT2D eigenvalue weighted by atomic mass is 16.3. The molecule has 0 aliphatic heterocycles. The second-order valence-corrected chi connectivity index (χ2v) is 9.22. The third-order valence-electron chi connectivity index (χ3n) is 8.59. The summed E-state index contributed by atoms with van der Waals surface area (Å²) in [5.74, 6) is 3.21. The Balaban J connectivity index is 1.62. The van der Waals surface area contributed by atoms with Crippen LogP contribution in [0.25, 0.3) is 0 Å². The van der Waals surface area contributed by atoms with Crippen molar-refractivity contribution in [3.05, 3.63) is 0 Å².